The van der Waals surface area contributed by atoms with Crippen molar-refractivity contribution in [2.75, 3.05) is 52.3 Å². The Morgan fingerprint density at radius 3 is 2.16 bits per heavy atom. The fourth-order valence-electron chi connectivity index (χ4n) is 7.41. The van der Waals surface area contributed by atoms with Crippen molar-refractivity contribution in [3.63, 3.8) is 0 Å². The van der Waals surface area contributed by atoms with Gasteiger partial charge < -0.3 is 62.5 Å². The summed E-state index contributed by atoms with van der Waals surface area (Å²) < 4.78 is 16.7. The highest BCUT2D eigenvalue weighted by atomic mass is 16.7. The molecule has 340 valence electrons. The summed E-state index contributed by atoms with van der Waals surface area (Å²) in [5.74, 6) is -3.65. The van der Waals surface area contributed by atoms with Crippen molar-refractivity contribution >= 4 is 47.2 Å². The second-order valence-corrected chi connectivity index (χ2v) is 15.8. The van der Waals surface area contributed by atoms with Gasteiger partial charge in [0.1, 0.15) is 12.1 Å². The molecule has 2 aliphatic heterocycles. The van der Waals surface area contributed by atoms with Gasteiger partial charge in [0.05, 0.1) is 37.7 Å². The third-order valence-electron chi connectivity index (χ3n) is 11.0. The van der Waals surface area contributed by atoms with Crippen LogP contribution in [-0.2, 0) is 55.9 Å². The van der Waals surface area contributed by atoms with E-state index >= 15 is 0 Å². The second-order valence-electron chi connectivity index (χ2n) is 15.8. The molecule has 0 saturated carbocycles. The van der Waals surface area contributed by atoms with Gasteiger partial charge in [-0.2, -0.15) is 0 Å². The summed E-state index contributed by atoms with van der Waals surface area (Å²) in [7, 11) is 3.64. The first kappa shape index (κ1) is 49.0. The Balaban J connectivity index is 1.28. The van der Waals surface area contributed by atoms with Gasteiger partial charge in [-0.1, -0.05) is 49.4 Å². The largest absolute Gasteiger partial charge is 0.379 e. The molecular formula is C43H63N9O10. The van der Waals surface area contributed by atoms with Gasteiger partial charge in [-0.3, -0.25) is 28.8 Å². The Labute approximate surface area is 362 Å². The van der Waals surface area contributed by atoms with E-state index in [1.165, 1.54) is 0 Å². The van der Waals surface area contributed by atoms with Crippen LogP contribution in [-0.4, -0.2) is 124 Å². The van der Waals surface area contributed by atoms with Crippen LogP contribution >= 0.6 is 0 Å². The van der Waals surface area contributed by atoms with Crippen molar-refractivity contribution in [2.24, 2.45) is 23.3 Å². The lowest BCUT2D eigenvalue weighted by Gasteiger charge is -2.32. The molecule has 19 heteroatoms. The molecule has 2 aromatic rings. The zero-order chi connectivity index (χ0) is 45.0. The molecule has 0 bridgehead atoms. The Hall–Kier alpha value is -5.63. The molecule has 2 heterocycles. The normalized spacial score (nSPS) is 19.5. The molecule has 0 aromatic heterocycles. The van der Waals surface area contributed by atoms with E-state index in [0.717, 1.165) is 30.5 Å². The van der Waals surface area contributed by atoms with Gasteiger partial charge in [0, 0.05) is 44.8 Å². The van der Waals surface area contributed by atoms with Crippen LogP contribution in [0, 0.1) is 11.8 Å². The predicted octanol–water partition coefficient (Wildman–Crippen LogP) is 0.408. The number of amides is 8. The number of hydrogen-bond donors (Lipinski definition) is 8. The van der Waals surface area contributed by atoms with Gasteiger partial charge in [0.25, 0.3) is 0 Å². The lowest BCUT2D eigenvalue weighted by Crippen LogP contribution is -2.53. The topological polar surface area (TPSA) is 275 Å². The van der Waals surface area contributed by atoms with Crippen LogP contribution in [0.3, 0.4) is 0 Å². The first-order valence-electron chi connectivity index (χ1n) is 21.1. The maximum absolute atomic E-state index is 13.6. The Morgan fingerprint density at radius 1 is 0.823 bits per heavy atom. The lowest BCUT2D eigenvalue weighted by molar-refractivity contribution is -0.203. The fourth-order valence-corrected chi connectivity index (χ4v) is 7.41. The van der Waals surface area contributed by atoms with Gasteiger partial charge in [0.2, 0.25) is 35.4 Å². The summed E-state index contributed by atoms with van der Waals surface area (Å²) in [6.07, 6.45) is 2.72. The van der Waals surface area contributed by atoms with Crippen molar-refractivity contribution in [3.05, 3.63) is 65.7 Å². The molecule has 2 fully saturated rings. The number of primary amides is 2. The number of rotatable bonds is 24. The number of nitrogens with zero attached hydrogens (tertiary/aromatic N) is 1. The molecule has 8 amide bonds. The summed E-state index contributed by atoms with van der Waals surface area (Å²) in [6, 6.07) is 13.7. The number of likely N-dealkylation sites (tertiary alicyclic amines) is 1. The van der Waals surface area contributed by atoms with Crippen LogP contribution in [0.5, 0.6) is 0 Å². The van der Waals surface area contributed by atoms with E-state index in [9.17, 15) is 33.6 Å². The van der Waals surface area contributed by atoms with Crippen molar-refractivity contribution in [3.8, 4) is 0 Å². The first-order chi connectivity index (χ1) is 29.7. The third kappa shape index (κ3) is 16.3. The number of urea groups is 1. The highest BCUT2D eigenvalue weighted by Crippen LogP contribution is 2.25. The monoisotopic (exact) mass is 865 g/mol. The number of methoxy groups -OCH3 is 1. The minimum Gasteiger partial charge on any atom is -0.379 e. The van der Waals surface area contributed by atoms with Gasteiger partial charge in [-0.15, -0.1) is 0 Å². The summed E-state index contributed by atoms with van der Waals surface area (Å²) >= 11 is 0. The number of likely N-dealkylation sites (N-methyl/N-ethyl adjacent to an activating group) is 1. The average molecular weight is 866 g/mol. The molecule has 0 aliphatic carbocycles. The van der Waals surface area contributed by atoms with Crippen LogP contribution in [0.2, 0.25) is 0 Å². The number of hydrogen-bond acceptors (Lipinski definition) is 11. The lowest BCUT2D eigenvalue weighted by atomic mass is 9.94. The van der Waals surface area contributed by atoms with Crippen LogP contribution in [0.4, 0.5) is 10.5 Å². The van der Waals surface area contributed by atoms with E-state index in [1.807, 2.05) is 44.3 Å². The maximum Gasteiger partial charge on any atom is 0.312 e. The summed E-state index contributed by atoms with van der Waals surface area (Å²) in [5, 5.41) is 16.3. The molecule has 2 aliphatic rings. The van der Waals surface area contributed by atoms with Gasteiger partial charge in [-0.05, 0) is 75.4 Å². The number of benzene rings is 2. The van der Waals surface area contributed by atoms with Gasteiger partial charge in [0.15, 0.2) is 6.29 Å². The van der Waals surface area contributed by atoms with E-state index in [0.29, 0.717) is 24.9 Å². The van der Waals surface area contributed by atoms with Crippen LogP contribution < -0.4 is 43.4 Å². The van der Waals surface area contributed by atoms with Crippen LogP contribution in [0.1, 0.15) is 63.0 Å². The molecule has 4 rings (SSSR count). The third-order valence-corrected chi connectivity index (χ3v) is 11.0. The Kier molecular flexibility index (Phi) is 20.0. The maximum atomic E-state index is 13.6. The van der Waals surface area contributed by atoms with Crippen LogP contribution in [0.25, 0.3) is 0 Å². The molecule has 0 spiro atoms. The standard InChI is InChI=1S/C43H63N9O10/c1-27(38(60-3)34-13-9-21-52(34)2)40(56)51-33(22-28-10-5-4-6-11-28)41(57)48-23-29-16-18-31(19-17-29)49-42(58)32(12-8-20-46-43(45)59)50-36(54)24-47-35(53)14-7-15-37-61-25-30(26-62-37)39(44)55/h4-6,10-11,16-19,27,30,32-34,37-38H,7-9,12-15,20-26H2,1-3H3,(H2,44,55)(H,47,53)(H,48,57)(H,49,58)(H,50,54)(H,51,56)(H3,45,46,59). The quantitative estimate of drug-likeness (QED) is 0.0670. The van der Waals surface area contributed by atoms with Crippen molar-refractivity contribution in [1.29, 1.82) is 0 Å². The SMILES string of the molecule is COC(C(C)C(=O)NC(Cc1ccccc1)C(=O)NCc1ccc(NC(=O)C(CCCNC(N)=O)NC(=O)CNC(=O)CCCC2OCC(C(N)=O)CO2)cc1)C1CCCN1C. The van der Waals surface area contributed by atoms with E-state index in [2.05, 4.69) is 36.8 Å². The minimum atomic E-state index is -1.02. The Bertz CT molecular complexity index is 1790. The predicted molar refractivity (Wildman–Crippen MR) is 229 cm³/mol. The van der Waals surface area contributed by atoms with Crippen molar-refractivity contribution < 1.29 is 47.8 Å². The first-order valence-corrected chi connectivity index (χ1v) is 21.1. The van der Waals surface area contributed by atoms with Crippen molar-refractivity contribution in [1.82, 2.24) is 31.5 Å². The van der Waals surface area contributed by atoms with Gasteiger partial charge >= 0.3 is 6.03 Å². The fraction of sp³-hybridized carbons (Fsp3) is 0.558. The molecule has 19 nitrogen and oxygen atoms in total. The molecule has 0 radical (unpaired) electrons. The van der Waals surface area contributed by atoms with E-state index in [-0.39, 0.29) is 82.0 Å². The number of nitrogens with two attached hydrogens (primary N) is 2. The summed E-state index contributed by atoms with van der Waals surface area (Å²) in [5.41, 5.74) is 12.5. The molecule has 2 aromatic carbocycles. The van der Waals surface area contributed by atoms with Crippen molar-refractivity contribution in [2.45, 2.75) is 95.4 Å². The van der Waals surface area contributed by atoms with Gasteiger partial charge in [-0.25, -0.2) is 4.79 Å². The smallest absolute Gasteiger partial charge is 0.312 e. The zero-order valence-corrected chi connectivity index (χ0v) is 35.8. The molecule has 10 N–H and O–H groups in total. The molecule has 62 heavy (non-hydrogen) atoms. The molecular weight excluding hydrogens is 803 g/mol. The minimum absolute atomic E-state index is 0.0933. The Morgan fingerprint density at radius 2 is 1.53 bits per heavy atom. The van der Waals surface area contributed by atoms with Crippen LogP contribution in [0.15, 0.2) is 54.6 Å². The van der Waals surface area contributed by atoms with E-state index < -0.39 is 54.0 Å². The zero-order valence-electron chi connectivity index (χ0n) is 35.8. The summed E-state index contributed by atoms with van der Waals surface area (Å²) in [6.45, 7) is 3.01. The average Bonchev–Trinajstić information content (AvgIpc) is 3.68. The number of ether oxygens (including phenoxy) is 3. The molecule has 2 saturated heterocycles. The number of nitrogens with one attached hydrogen (secondary N) is 6. The number of carbonyl (C=O) groups excluding carboxylic acids is 7. The highest BCUT2D eigenvalue weighted by Gasteiger charge is 2.37. The van der Waals surface area contributed by atoms with E-state index in [1.54, 1.807) is 31.4 Å². The number of carbonyl (C=O) groups is 7. The molecule has 5 unspecified atom stereocenters. The van der Waals surface area contributed by atoms with E-state index in [4.69, 9.17) is 25.7 Å². The molecule has 5 atom stereocenters. The number of anilines is 1. The summed E-state index contributed by atoms with van der Waals surface area (Å²) in [4.78, 5) is 90.5. The highest BCUT2D eigenvalue weighted by molar-refractivity contribution is 5.97. The second kappa shape index (κ2) is 25.3.